The van der Waals surface area contributed by atoms with Gasteiger partial charge >= 0.3 is 0 Å². The van der Waals surface area contributed by atoms with Crippen molar-refractivity contribution in [3.05, 3.63) is 22.4 Å². The highest BCUT2D eigenvalue weighted by atomic mass is 79.9. The molecule has 0 spiro atoms. The number of carbonyl (C=O) groups is 1. The Bertz CT molecular complexity index is 427. The minimum atomic E-state index is -0.0280. The molecular formula is C13H19BrN2O2. The summed E-state index contributed by atoms with van der Waals surface area (Å²) in [5.41, 5.74) is 0.729. The van der Waals surface area contributed by atoms with E-state index in [0.29, 0.717) is 19.3 Å². The molecule has 1 saturated carbocycles. The number of aromatic nitrogens is 1. The number of halogens is 1. The highest BCUT2D eigenvalue weighted by Crippen LogP contribution is 2.37. The lowest BCUT2D eigenvalue weighted by Gasteiger charge is -2.14. The Hall–Kier alpha value is -0.810. The van der Waals surface area contributed by atoms with E-state index in [2.05, 4.69) is 25.8 Å². The zero-order chi connectivity index (χ0) is 13.1. The molecule has 5 heteroatoms. The largest absolute Gasteiger partial charge is 0.380 e. The Kier molecular flexibility index (Phi) is 4.45. The van der Waals surface area contributed by atoms with Crippen LogP contribution in [0.25, 0.3) is 0 Å². The molecule has 1 aromatic heterocycles. The second kappa shape index (κ2) is 5.89. The Morgan fingerprint density at radius 3 is 3.00 bits per heavy atom. The Balaban J connectivity index is 1.99. The average molecular weight is 315 g/mol. The van der Waals surface area contributed by atoms with Crippen molar-refractivity contribution in [2.75, 3.05) is 13.2 Å². The second-order valence-corrected chi connectivity index (χ2v) is 5.63. The normalized spacial score (nSPS) is 16.6. The van der Waals surface area contributed by atoms with E-state index < -0.39 is 0 Å². The summed E-state index contributed by atoms with van der Waals surface area (Å²) in [4.78, 5) is 12.2. The van der Waals surface area contributed by atoms with Crippen LogP contribution < -0.4 is 5.32 Å². The van der Waals surface area contributed by atoms with Crippen LogP contribution >= 0.6 is 15.9 Å². The van der Waals surface area contributed by atoms with E-state index >= 15 is 0 Å². The minimum Gasteiger partial charge on any atom is -0.380 e. The van der Waals surface area contributed by atoms with E-state index in [9.17, 15) is 4.79 Å². The second-order valence-electron chi connectivity index (χ2n) is 4.72. The van der Waals surface area contributed by atoms with Crippen LogP contribution in [0.2, 0.25) is 0 Å². The number of ether oxygens (including phenoxy) is 1. The van der Waals surface area contributed by atoms with Gasteiger partial charge in [0.05, 0.1) is 6.61 Å². The first-order valence-electron chi connectivity index (χ1n) is 6.37. The third-order valence-electron chi connectivity index (χ3n) is 2.94. The molecule has 1 aliphatic carbocycles. The van der Waals surface area contributed by atoms with Gasteiger partial charge in [0.25, 0.3) is 5.91 Å². The van der Waals surface area contributed by atoms with Crippen LogP contribution in [0.4, 0.5) is 0 Å². The lowest BCUT2D eigenvalue weighted by molar-refractivity contribution is 0.0863. The quantitative estimate of drug-likeness (QED) is 0.877. The minimum absolute atomic E-state index is 0.0266. The van der Waals surface area contributed by atoms with Crippen LogP contribution in [-0.2, 0) is 4.74 Å². The standard InChI is InChI=1S/C13H19BrN2O2/c1-3-18-8-9(2)15-13(17)12-6-10(14)7-16(12)11-4-5-11/h6-7,9,11H,3-5,8H2,1-2H3,(H,15,17). The van der Waals surface area contributed by atoms with Gasteiger partial charge < -0.3 is 14.6 Å². The summed E-state index contributed by atoms with van der Waals surface area (Å²) in [7, 11) is 0. The zero-order valence-corrected chi connectivity index (χ0v) is 12.4. The molecule has 2 rings (SSSR count). The van der Waals surface area contributed by atoms with Crippen LogP contribution in [0.1, 0.15) is 43.2 Å². The smallest absolute Gasteiger partial charge is 0.268 e. The third-order valence-corrected chi connectivity index (χ3v) is 3.37. The molecule has 4 nitrogen and oxygen atoms in total. The Morgan fingerprint density at radius 1 is 1.67 bits per heavy atom. The van der Waals surface area contributed by atoms with Gasteiger partial charge in [-0.3, -0.25) is 4.79 Å². The lowest BCUT2D eigenvalue weighted by atomic mass is 10.3. The molecule has 0 aromatic carbocycles. The average Bonchev–Trinajstić information content (AvgIpc) is 3.09. The van der Waals surface area contributed by atoms with Crippen LogP contribution in [0, 0.1) is 0 Å². The van der Waals surface area contributed by atoms with E-state index in [0.717, 1.165) is 23.0 Å². The molecule has 1 amide bonds. The molecule has 1 atom stereocenters. The maximum absolute atomic E-state index is 12.2. The van der Waals surface area contributed by atoms with E-state index in [1.807, 2.05) is 26.1 Å². The Labute approximate surface area is 116 Å². The summed E-state index contributed by atoms with van der Waals surface area (Å²) in [5, 5.41) is 2.96. The topological polar surface area (TPSA) is 43.3 Å². The van der Waals surface area contributed by atoms with E-state index in [4.69, 9.17) is 4.74 Å². The molecule has 1 unspecified atom stereocenters. The molecule has 18 heavy (non-hydrogen) atoms. The highest BCUT2D eigenvalue weighted by Gasteiger charge is 2.28. The molecule has 1 aliphatic rings. The number of hydrogen-bond acceptors (Lipinski definition) is 2. The van der Waals surface area contributed by atoms with Gasteiger partial charge in [0.1, 0.15) is 5.69 Å². The summed E-state index contributed by atoms with van der Waals surface area (Å²) < 4.78 is 8.31. The van der Waals surface area contributed by atoms with E-state index in [1.165, 1.54) is 0 Å². The van der Waals surface area contributed by atoms with Crippen molar-refractivity contribution >= 4 is 21.8 Å². The molecular weight excluding hydrogens is 296 g/mol. The maximum Gasteiger partial charge on any atom is 0.268 e. The van der Waals surface area contributed by atoms with Crippen LogP contribution in [0.3, 0.4) is 0 Å². The molecule has 0 saturated heterocycles. The lowest BCUT2D eigenvalue weighted by Crippen LogP contribution is -2.36. The van der Waals surface area contributed by atoms with Gasteiger partial charge in [-0.05, 0) is 48.7 Å². The first-order valence-corrected chi connectivity index (χ1v) is 7.17. The van der Waals surface area contributed by atoms with Crippen molar-refractivity contribution in [1.82, 2.24) is 9.88 Å². The van der Waals surface area contributed by atoms with Crippen LogP contribution in [0.5, 0.6) is 0 Å². The number of nitrogens with one attached hydrogen (secondary N) is 1. The van der Waals surface area contributed by atoms with Crippen molar-refractivity contribution in [1.29, 1.82) is 0 Å². The molecule has 1 fully saturated rings. The first-order chi connectivity index (χ1) is 8.61. The van der Waals surface area contributed by atoms with Crippen molar-refractivity contribution < 1.29 is 9.53 Å². The molecule has 0 aliphatic heterocycles. The fraction of sp³-hybridized carbons (Fsp3) is 0.615. The summed E-state index contributed by atoms with van der Waals surface area (Å²) in [5.74, 6) is -0.0280. The summed E-state index contributed by atoms with van der Waals surface area (Å²) in [6.45, 7) is 5.12. The summed E-state index contributed by atoms with van der Waals surface area (Å²) in [6, 6.07) is 2.40. The highest BCUT2D eigenvalue weighted by molar-refractivity contribution is 9.10. The van der Waals surface area contributed by atoms with Gasteiger partial charge in [0.2, 0.25) is 0 Å². The number of nitrogens with zero attached hydrogens (tertiary/aromatic N) is 1. The molecule has 1 heterocycles. The molecule has 0 bridgehead atoms. The predicted molar refractivity (Wildman–Crippen MR) is 73.8 cm³/mol. The molecule has 0 radical (unpaired) electrons. The number of rotatable bonds is 6. The fourth-order valence-corrected chi connectivity index (χ4v) is 2.35. The van der Waals surface area contributed by atoms with Crippen molar-refractivity contribution in [2.45, 2.75) is 38.8 Å². The molecule has 1 aromatic rings. The number of hydrogen-bond donors (Lipinski definition) is 1. The van der Waals surface area contributed by atoms with Gasteiger partial charge in [-0.2, -0.15) is 0 Å². The van der Waals surface area contributed by atoms with Crippen molar-refractivity contribution in [3.8, 4) is 0 Å². The van der Waals surface area contributed by atoms with Crippen molar-refractivity contribution in [3.63, 3.8) is 0 Å². The van der Waals surface area contributed by atoms with Gasteiger partial charge in [-0.1, -0.05) is 0 Å². The number of carbonyl (C=O) groups excluding carboxylic acids is 1. The predicted octanol–water partition coefficient (Wildman–Crippen LogP) is 2.74. The van der Waals surface area contributed by atoms with Crippen molar-refractivity contribution in [2.24, 2.45) is 0 Å². The number of amides is 1. The van der Waals surface area contributed by atoms with Crippen LogP contribution in [-0.4, -0.2) is 29.7 Å². The zero-order valence-electron chi connectivity index (χ0n) is 10.8. The first kappa shape index (κ1) is 13.6. The van der Waals surface area contributed by atoms with Gasteiger partial charge in [0, 0.05) is 29.4 Å². The monoisotopic (exact) mass is 314 g/mol. The van der Waals surface area contributed by atoms with Gasteiger partial charge in [-0.25, -0.2) is 0 Å². The SMILES string of the molecule is CCOCC(C)NC(=O)c1cc(Br)cn1C1CC1. The maximum atomic E-state index is 12.2. The molecule has 100 valence electrons. The van der Waals surface area contributed by atoms with E-state index in [-0.39, 0.29) is 11.9 Å². The Morgan fingerprint density at radius 2 is 2.39 bits per heavy atom. The summed E-state index contributed by atoms with van der Waals surface area (Å²) >= 11 is 3.43. The van der Waals surface area contributed by atoms with Gasteiger partial charge in [0.15, 0.2) is 0 Å². The van der Waals surface area contributed by atoms with Gasteiger partial charge in [-0.15, -0.1) is 0 Å². The fourth-order valence-electron chi connectivity index (χ4n) is 1.92. The van der Waals surface area contributed by atoms with Crippen LogP contribution in [0.15, 0.2) is 16.7 Å². The third kappa shape index (κ3) is 3.36. The van der Waals surface area contributed by atoms with E-state index in [1.54, 1.807) is 0 Å². The molecule has 1 N–H and O–H groups in total. The summed E-state index contributed by atoms with van der Waals surface area (Å²) in [6.07, 6.45) is 4.31.